The number of thiazole rings is 1. The molecule has 2 aromatic rings. The van der Waals surface area contributed by atoms with Crippen molar-refractivity contribution < 1.29 is 4.74 Å². The lowest BCUT2D eigenvalue weighted by Crippen LogP contribution is -2.08. The predicted molar refractivity (Wildman–Crippen MR) is 74.8 cm³/mol. The highest BCUT2D eigenvalue weighted by molar-refractivity contribution is 7.11. The normalized spacial score (nSPS) is 12.4. The van der Waals surface area contributed by atoms with Gasteiger partial charge in [-0.05, 0) is 31.0 Å². The Morgan fingerprint density at radius 3 is 2.61 bits per heavy atom. The second-order valence-corrected chi connectivity index (χ2v) is 5.54. The van der Waals surface area contributed by atoms with Crippen molar-refractivity contribution in [3.05, 3.63) is 45.9 Å². The molecule has 0 aliphatic heterocycles. The van der Waals surface area contributed by atoms with Gasteiger partial charge >= 0.3 is 0 Å². The number of nitrogens with two attached hydrogens (primary N) is 1. The fourth-order valence-electron chi connectivity index (χ4n) is 1.67. The Hall–Kier alpha value is -1.39. The summed E-state index contributed by atoms with van der Waals surface area (Å²) in [6.45, 7) is 4.65. The van der Waals surface area contributed by atoms with Gasteiger partial charge in [0.15, 0.2) is 0 Å². The van der Waals surface area contributed by atoms with Crippen LogP contribution >= 0.6 is 11.3 Å². The van der Waals surface area contributed by atoms with Crippen LogP contribution in [0, 0.1) is 6.92 Å². The Kier molecular flexibility index (Phi) is 4.33. The monoisotopic (exact) mass is 262 g/mol. The van der Waals surface area contributed by atoms with Crippen LogP contribution in [0.2, 0.25) is 0 Å². The van der Waals surface area contributed by atoms with Gasteiger partial charge in [0.25, 0.3) is 0 Å². The standard InChI is InChI=1S/C14H18N2OS/c1-3-14(15)11-4-6-12(7-5-11)17-9-13-8-16-10(2)18-13/h4-8,14H,3,9,15H2,1-2H3/t14-/m0/s1. The highest BCUT2D eigenvalue weighted by Crippen LogP contribution is 2.20. The van der Waals surface area contributed by atoms with Crippen LogP contribution in [0.3, 0.4) is 0 Å². The minimum atomic E-state index is 0.114. The van der Waals surface area contributed by atoms with Crippen LogP contribution < -0.4 is 10.5 Å². The largest absolute Gasteiger partial charge is 0.488 e. The van der Waals surface area contributed by atoms with Crippen LogP contribution in [0.15, 0.2) is 30.5 Å². The van der Waals surface area contributed by atoms with Crippen molar-refractivity contribution in [2.75, 3.05) is 0 Å². The second-order valence-electron chi connectivity index (χ2n) is 4.22. The maximum Gasteiger partial charge on any atom is 0.124 e. The molecule has 0 saturated carbocycles. The van der Waals surface area contributed by atoms with Gasteiger partial charge in [-0.25, -0.2) is 4.98 Å². The lowest BCUT2D eigenvalue weighted by atomic mass is 10.1. The molecule has 0 bridgehead atoms. The van der Waals surface area contributed by atoms with Gasteiger partial charge in [0.2, 0.25) is 0 Å². The van der Waals surface area contributed by atoms with Crippen molar-refractivity contribution in [2.24, 2.45) is 5.73 Å². The predicted octanol–water partition coefficient (Wildman–Crippen LogP) is 3.44. The van der Waals surface area contributed by atoms with Crippen molar-refractivity contribution in [3.63, 3.8) is 0 Å². The summed E-state index contributed by atoms with van der Waals surface area (Å²) in [5, 5.41) is 1.07. The van der Waals surface area contributed by atoms with Crippen LogP contribution in [-0.4, -0.2) is 4.98 Å². The van der Waals surface area contributed by atoms with E-state index in [4.69, 9.17) is 10.5 Å². The first kappa shape index (κ1) is 13.1. The Bertz CT molecular complexity index is 493. The fourth-order valence-corrected chi connectivity index (χ4v) is 2.38. The van der Waals surface area contributed by atoms with Crippen LogP contribution in [-0.2, 0) is 6.61 Å². The molecule has 2 N–H and O–H groups in total. The molecule has 0 aliphatic rings. The molecule has 0 spiro atoms. The number of hydrogen-bond donors (Lipinski definition) is 1. The van der Waals surface area contributed by atoms with Crippen LogP contribution in [0.1, 0.15) is 34.8 Å². The second kappa shape index (κ2) is 5.98. The fraction of sp³-hybridized carbons (Fsp3) is 0.357. The van der Waals surface area contributed by atoms with Crippen molar-refractivity contribution in [1.29, 1.82) is 0 Å². The van der Waals surface area contributed by atoms with E-state index in [1.54, 1.807) is 11.3 Å². The van der Waals surface area contributed by atoms with E-state index in [1.165, 1.54) is 0 Å². The number of rotatable bonds is 5. The zero-order valence-electron chi connectivity index (χ0n) is 10.7. The van der Waals surface area contributed by atoms with E-state index in [-0.39, 0.29) is 6.04 Å². The number of hydrogen-bond acceptors (Lipinski definition) is 4. The molecule has 0 radical (unpaired) electrons. The Labute approximate surface area is 112 Å². The average molecular weight is 262 g/mol. The van der Waals surface area contributed by atoms with Crippen molar-refractivity contribution >= 4 is 11.3 Å². The molecule has 1 atom stereocenters. The van der Waals surface area contributed by atoms with E-state index in [9.17, 15) is 0 Å². The summed E-state index contributed by atoms with van der Waals surface area (Å²) in [4.78, 5) is 5.34. The van der Waals surface area contributed by atoms with E-state index in [1.807, 2.05) is 37.4 Å². The molecule has 1 aromatic heterocycles. The van der Waals surface area contributed by atoms with Gasteiger partial charge < -0.3 is 10.5 Å². The molecular weight excluding hydrogens is 244 g/mol. The summed E-state index contributed by atoms with van der Waals surface area (Å²) in [5.41, 5.74) is 7.12. The zero-order valence-corrected chi connectivity index (χ0v) is 11.5. The highest BCUT2D eigenvalue weighted by atomic mass is 32.1. The Morgan fingerprint density at radius 2 is 2.06 bits per heavy atom. The third-order valence-corrected chi connectivity index (χ3v) is 3.68. The van der Waals surface area contributed by atoms with Crippen LogP contribution in [0.25, 0.3) is 0 Å². The minimum absolute atomic E-state index is 0.114. The molecule has 1 heterocycles. The van der Waals surface area contributed by atoms with Crippen molar-refractivity contribution in [3.8, 4) is 5.75 Å². The molecule has 0 aliphatic carbocycles. The molecule has 2 rings (SSSR count). The summed E-state index contributed by atoms with van der Waals surface area (Å²) < 4.78 is 5.70. The first-order valence-corrected chi connectivity index (χ1v) is 6.90. The van der Waals surface area contributed by atoms with E-state index in [0.717, 1.165) is 27.6 Å². The van der Waals surface area contributed by atoms with Crippen LogP contribution in [0.4, 0.5) is 0 Å². The maximum absolute atomic E-state index is 5.96. The lowest BCUT2D eigenvalue weighted by molar-refractivity contribution is 0.309. The minimum Gasteiger partial charge on any atom is -0.488 e. The summed E-state index contributed by atoms with van der Waals surface area (Å²) >= 11 is 1.66. The van der Waals surface area contributed by atoms with Gasteiger partial charge in [0, 0.05) is 12.2 Å². The quantitative estimate of drug-likeness (QED) is 0.898. The maximum atomic E-state index is 5.96. The summed E-state index contributed by atoms with van der Waals surface area (Å²) in [6.07, 6.45) is 2.81. The van der Waals surface area contributed by atoms with Gasteiger partial charge in [-0.1, -0.05) is 19.1 Å². The topological polar surface area (TPSA) is 48.1 Å². The van der Waals surface area contributed by atoms with E-state index >= 15 is 0 Å². The third kappa shape index (κ3) is 3.31. The van der Waals surface area contributed by atoms with Crippen molar-refractivity contribution in [1.82, 2.24) is 4.98 Å². The molecule has 0 saturated heterocycles. The highest BCUT2D eigenvalue weighted by Gasteiger charge is 2.04. The first-order chi connectivity index (χ1) is 8.69. The first-order valence-electron chi connectivity index (χ1n) is 6.08. The molecular formula is C14H18N2OS. The SMILES string of the molecule is CC[C@H](N)c1ccc(OCc2cnc(C)s2)cc1. The number of aromatic nitrogens is 1. The number of ether oxygens (including phenoxy) is 1. The van der Waals surface area contributed by atoms with Gasteiger partial charge in [-0.15, -0.1) is 11.3 Å². The zero-order chi connectivity index (χ0) is 13.0. The molecule has 1 aromatic carbocycles. The number of nitrogens with zero attached hydrogens (tertiary/aromatic N) is 1. The molecule has 3 nitrogen and oxygen atoms in total. The Morgan fingerprint density at radius 1 is 1.33 bits per heavy atom. The van der Waals surface area contributed by atoms with Gasteiger partial charge in [0.05, 0.1) is 9.88 Å². The molecule has 4 heteroatoms. The van der Waals surface area contributed by atoms with E-state index < -0.39 is 0 Å². The van der Waals surface area contributed by atoms with Crippen molar-refractivity contribution in [2.45, 2.75) is 32.9 Å². The molecule has 0 fully saturated rings. The van der Waals surface area contributed by atoms with Gasteiger partial charge in [0.1, 0.15) is 12.4 Å². The summed E-state index contributed by atoms with van der Waals surface area (Å²) in [5.74, 6) is 0.869. The summed E-state index contributed by atoms with van der Waals surface area (Å²) in [7, 11) is 0. The molecule has 96 valence electrons. The molecule has 0 unspecified atom stereocenters. The number of aryl methyl sites for hydroxylation is 1. The van der Waals surface area contributed by atoms with E-state index in [0.29, 0.717) is 6.61 Å². The lowest BCUT2D eigenvalue weighted by Gasteiger charge is -2.10. The van der Waals surface area contributed by atoms with Gasteiger partial charge in [-0.3, -0.25) is 0 Å². The Balaban J connectivity index is 1.94. The van der Waals surface area contributed by atoms with Crippen LogP contribution in [0.5, 0.6) is 5.75 Å². The molecule has 0 amide bonds. The molecule has 18 heavy (non-hydrogen) atoms. The van der Waals surface area contributed by atoms with E-state index in [2.05, 4.69) is 11.9 Å². The third-order valence-electron chi connectivity index (χ3n) is 2.80. The smallest absolute Gasteiger partial charge is 0.124 e. The van der Waals surface area contributed by atoms with Gasteiger partial charge in [-0.2, -0.15) is 0 Å². The number of benzene rings is 1. The summed E-state index contributed by atoms with van der Waals surface area (Å²) in [6, 6.07) is 8.11. The average Bonchev–Trinajstić information content (AvgIpc) is 2.82.